The zero-order chi connectivity index (χ0) is 22.3. The number of nitrogens with one attached hydrogen (secondary N) is 1. The molecule has 4 nitrogen and oxygen atoms in total. The van der Waals surface area contributed by atoms with Crippen LogP contribution in [-0.4, -0.2) is 62.2 Å². The summed E-state index contributed by atoms with van der Waals surface area (Å²) in [6.07, 6.45) is 5.52. The van der Waals surface area contributed by atoms with Crippen LogP contribution in [0.5, 0.6) is 0 Å². The number of rotatable bonds is 7. The summed E-state index contributed by atoms with van der Waals surface area (Å²) in [5.41, 5.74) is 4.72. The molecular formula is C27H36FN3O. The fourth-order valence-corrected chi connectivity index (χ4v) is 6.14. The van der Waals surface area contributed by atoms with Crippen molar-refractivity contribution in [2.24, 2.45) is 0 Å². The van der Waals surface area contributed by atoms with E-state index in [2.05, 4.69) is 54.5 Å². The minimum absolute atomic E-state index is 0.204. The first-order valence-electron chi connectivity index (χ1n) is 12.0. The highest BCUT2D eigenvalue weighted by molar-refractivity contribution is 5.46. The molecule has 0 aliphatic carbocycles. The van der Waals surface area contributed by atoms with Gasteiger partial charge in [0.15, 0.2) is 0 Å². The Morgan fingerprint density at radius 1 is 1.19 bits per heavy atom. The van der Waals surface area contributed by atoms with Gasteiger partial charge in [-0.25, -0.2) is 4.39 Å². The van der Waals surface area contributed by atoms with Crippen molar-refractivity contribution in [3.05, 3.63) is 70.5 Å². The number of fused-ring (bicyclic) bond motifs is 4. The molecular weight excluding hydrogens is 401 g/mol. The van der Waals surface area contributed by atoms with Gasteiger partial charge in [-0.1, -0.05) is 30.3 Å². The number of benzene rings is 2. The molecule has 3 unspecified atom stereocenters. The van der Waals surface area contributed by atoms with Gasteiger partial charge in [0.1, 0.15) is 11.4 Å². The van der Waals surface area contributed by atoms with Gasteiger partial charge in [-0.2, -0.15) is 0 Å². The minimum atomic E-state index is -0.489. The monoisotopic (exact) mass is 437 g/mol. The summed E-state index contributed by atoms with van der Waals surface area (Å²) in [6.45, 7) is 3.84. The number of hydrogen-bond acceptors (Lipinski definition) is 4. The van der Waals surface area contributed by atoms with Gasteiger partial charge in [0, 0.05) is 24.7 Å². The van der Waals surface area contributed by atoms with Crippen LogP contribution >= 0.6 is 0 Å². The van der Waals surface area contributed by atoms with Crippen LogP contribution in [0.25, 0.3) is 0 Å². The second kappa shape index (κ2) is 8.53. The van der Waals surface area contributed by atoms with Gasteiger partial charge in [-0.05, 0) is 94.2 Å². The second-order valence-electron chi connectivity index (χ2n) is 10.4. The van der Waals surface area contributed by atoms with Gasteiger partial charge in [0.25, 0.3) is 0 Å². The molecule has 6 rings (SSSR count). The van der Waals surface area contributed by atoms with E-state index in [1.165, 1.54) is 29.5 Å². The molecule has 0 amide bonds. The van der Waals surface area contributed by atoms with Crippen molar-refractivity contribution < 1.29 is 9.13 Å². The normalized spacial score (nSPS) is 29.6. The van der Waals surface area contributed by atoms with Crippen LogP contribution in [0.3, 0.4) is 0 Å². The van der Waals surface area contributed by atoms with Crippen molar-refractivity contribution in [1.29, 1.82) is 0 Å². The third-order valence-electron chi connectivity index (χ3n) is 8.04. The van der Waals surface area contributed by atoms with Gasteiger partial charge in [0.05, 0.1) is 6.61 Å². The molecule has 1 N–H and O–H groups in total. The van der Waals surface area contributed by atoms with E-state index in [9.17, 15) is 4.39 Å². The van der Waals surface area contributed by atoms with Crippen LogP contribution in [0.1, 0.15) is 47.9 Å². The van der Waals surface area contributed by atoms with E-state index in [-0.39, 0.29) is 11.4 Å². The van der Waals surface area contributed by atoms with Crippen LogP contribution in [0.4, 0.5) is 4.39 Å². The minimum Gasteiger partial charge on any atom is -0.361 e. The number of likely N-dealkylation sites (N-methyl/N-ethyl adjacent to an activating group) is 1. The molecule has 0 spiro atoms. The second-order valence-corrected chi connectivity index (χ2v) is 10.4. The topological polar surface area (TPSA) is 27.7 Å². The third-order valence-corrected chi connectivity index (χ3v) is 8.04. The van der Waals surface area contributed by atoms with Crippen LogP contribution < -0.4 is 5.32 Å². The SMILES string of the molecule is CN(C)CCCC1(c2ccc(F)cc2)OCc2cc(CC34CCC(CN3C)NC4)ccc21. The number of hydrogen-bond donors (Lipinski definition) is 1. The number of nitrogens with zero attached hydrogens (tertiary/aromatic N) is 2. The summed E-state index contributed by atoms with van der Waals surface area (Å²) >= 11 is 0. The fourth-order valence-electron chi connectivity index (χ4n) is 6.14. The van der Waals surface area contributed by atoms with E-state index >= 15 is 0 Å². The maximum Gasteiger partial charge on any atom is 0.123 e. The van der Waals surface area contributed by atoms with Crippen molar-refractivity contribution >= 4 is 0 Å². The van der Waals surface area contributed by atoms with E-state index in [0.29, 0.717) is 12.6 Å². The first kappa shape index (κ1) is 22.0. The molecule has 2 aromatic carbocycles. The molecule has 3 atom stereocenters. The van der Waals surface area contributed by atoms with E-state index in [0.717, 1.165) is 44.5 Å². The third kappa shape index (κ3) is 3.90. The molecule has 4 heterocycles. The predicted octanol–water partition coefficient (Wildman–Crippen LogP) is 3.92. The largest absolute Gasteiger partial charge is 0.361 e. The average Bonchev–Trinajstić information content (AvgIpc) is 3.14. The number of ether oxygens (including phenoxy) is 1. The Morgan fingerprint density at radius 2 is 2.00 bits per heavy atom. The molecule has 4 aliphatic rings. The summed E-state index contributed by atoms with van der Waals surface area (Å²) in [5, 5.41) is 3.73. The van der Waals surface area contributed by atoms with E-state index in [1.807, 2.05) is 12.1 Å². The Labute approximate surface area is 191 Å². The number of piperazine rings is 1. The maximum atomic E-state index is 13.7. The lowest BCUT2D eigenvalue weighted by Crippen LogP contribution is -2.68. The molecule has 0 saturated carbocycles. The highest BCUT2D eigenvalue weighted by atomic mass is 19.1. The van der Waals surface area contributed by atoms with Gasteiger partial charge >= 0.3 is 0 Å². The first-order valence-corrected chi connectivity index (χ1v) is 12.0. The number of halogens is 1. The maximum absolute atomic E-state index is 13.7. The Hall–Kier alpha value is -1.79. The molecule has 0 radical (unpaired) electrons. The van der Waals surface area contributed by atoms with E-state index in [1.54, 1.807) is 12.1 Å². The molecule has 172 valence electrons. The highest BCUT2D eigenvalue weighted by Gasteiger charge is 2.45. The summed E-state index contributed by atoms with van der Waals surface area (Å²) in [6, 6.07) is 14.5. The van der Waals surface area contributed by atoms with Crippen LogP contribution in [-0.2, 0) is 23.4 Å². The van der Waals surface area contributed by atoms with Gasteiger partial charge in [-0.15, -0.1) is 0 Å². The first-order chi connectivity index (χ1) is 15.4. The molecule has 2 bridgehead atoms. The Kier molecular flexibility index (Phi) is 5.87. The summed E-state index contributed by atoms with van der Waals surface area (Å²) in [7, 11) is 6.49. The lowest BCUT2D eigenvalue weighted by Gasteiger charge is -2.54. The van der Waals surface area contributed by atoms with Crippen LogP contribution in [0.2, 0.25) is 0 Å². The number of piperidine rings is 2. The molecule has 3 saturated heterocycles. The van der Waals surface area contributed by atoms with Crippen molar-refractivity contribution in [3.63, 3.8) is 0 Å². The summed E-state index contributed by atoms with van der Waals surface area (Å²) in [5.74, 6) is -0.204. The van der Waals surface area contributed by atoms with E-state index < -0.39 is 5.60 Å². The van der Waals surface area contributed by atoms with Crippen molar-refractivity contribution in [2.45, 2.75) is 55.9 Å². The molecule has 4 aliphatic heterocycles. The van der Waals surface area contributed by atoms with E-state index in [4.69, 9.17) is 4.74 Å². The van der Waals surface area contributed by atoms with Gasteiger partial charge < -0.3 is 15.0 Å². The van der Waals surface area contributed by atoms with Crippen molar-refractivity contribution in [3.8, 4) is 0 Å². The Bertz CT molecular complexity index is 952. The lowest BCUT2D eigenvalue weighted by atomic mass is 9.76. The quantitative estimate of drug-likeness (QED) is 0.711. The smallest absolute Gasteiger partial charge is 0.123 e. The van der Waals surface area contributed by atoms with Gasteiger partial charge in [-0.3, -0.25) is 4.90 Å². The molecule has 3 fully saturated rings. The van der Waals surface area contributed by atoms with Crippen LogP contribution in [0.15, 0.2) is 42.5 Å². The van der Waals surface area contributed by atoms with Crippen LogP contribution in [0, 0.1) is 5.82 Å². The Balaban J connectivity index is 1.44. The van der Waals surface area contributed by atoms with Crippen molar-refractivity contribution in [2.75, 3.05) is 40.8 Å². The Morgan fingerprint density at radius 3 is 2.69 bits per heavy atom. The van der Waals surface area contributed by atoms with Crippen molar-refractivity contribution in [1.82, 2.24) is 15.1 Å². The standard InChI is InChI=1S/C27H36FN3O/c1-30(2)14-4-12-27(22-6-8-23(28)9-7-22)25-10-5-20(15-21(25)18-32-27)16-26-13-11-24(29-19-26)17-31(26)3/h5-10,15,24,29H,4,11-14,16-19H2,1-3H3. The molecule has 32 heavy (non-hydrogen) atoms. The molecule has 5 heteroatoms. The molecule has 2 aromatic rings. The average molecular weight is 438 g/mol. The zero-order valence-electron chi connectivity index (χ0n) is 19.7. The fraction of sp³-hybridized carbons (Fsp3) is 0.556. The summed E-state index contributed by atoms with van der Waals surface area (Å²) in [4.78, 5) is 4.78. The summed E-state index contributed by atoms with van der Waals surface area (Å²) < 4.78 is 20.3. The molecule has 0 aromatic heterocycles. The van der Waals surface area contributed by atoms with Gasteiger partial charge in [0.2, 0.25) is 0 Å². The predicted molar refractivity (Wildman–Crippen MR) is 126 cm³/mol. The zero-order valence-corrected chi connectivity index (χ0v) is 19.7. The lowest BCUT2D eigenvalue weighted by molar-refractivity contribution is -0.0140. The highest BCUT2D eigenvalue weighted by Crippen LogP contribution is 2.46.